The number of nitrogens with one attached hydrogen (secondary N) is 1. The van der Waals surface area contributed by atoms with E-state index in [-0.39, 0.29) is 11.8 Å². The van der Waals surface area contributed by atoms with Crippen LogP contribution < -0.4 is 5.32 Å². The molecule has 0 spiro atoms. The Labute approximate surface area is 101 Å². The molecule has 0 fully saturated rings. The van der Waals surface area contributed by atoms with Crippen molar-refractivity contribution < 1.29 is 4.79 Å². The third-order valence-corrected chi connectivity index (χ3v) is 2.56. The Morgan fingerprint density at radius 3 is 2.88 bits per heavy atom. The van der Waals surface area contributed by atoms with Crippen LogP contribution in [0.5, 0.6) is 0 Å². The summed E-state index contributed by atoms with van der Waals surface area (Å²) in [6.45, 7) is 7.50. The van der Waals surface area contributed by atoms with Crippen LogP contribution in [0.15, 0.2) is 6.20 Å². The SMILES string of the molecule is CCNCCC(=O)c1c(Cl)cnn1C(C)C. The lowest BCUT2D eigenvalue weighted by molar-refractivity contribution is 0.0970. The summed E-state index contributed by atoms with van der Waals surface area (Å²) in [6, 6.07) is 0.144. The molecule has 0 amide bonds. The number of hydrogen-bond acceptors (Lipinski definition) is 3. The predicted octanol–water partition coefficient (Wildman–Crippen LogP) is 2.30. The van der Waals surface area contributed by atoms with Gasteiger partial charge in [-0.3, -0.25) is 9.48 Å². The molecule has 0 unspecified atom stereocenters. The third kappa shape index (κ3) is 3.06. The number of nitrogens with zero attached hydrogens (tertiary/aromatic N) is 2. The molecule has 1 heterocycles. The second kappa shape index (κ2) is 6.01. The van der Waals surface area contributed by atoms with E-state index in [0.717, 1.165) is 6.54 Å². The van der Waals surface area contributed by atoms with Crippen molar-refractivity contribution in [1.82, 2.24) is 15.1 Å². The Balaban J connectivity index is 2.77. The maximum atomic E-state index is 11.9. The summed E-state index contributed by atoms with van der Waals surface area (Å²) in [6.07, 6.45) is 1.98. The standard InChI is InChI=1S/C11H18ClN3O/c1-4-13-6-5-10(16)11-9(12)7-14-15(11)8(2)3/h7-8,13H,4-6H2,1-3H3. The molecule has 0 radical (unpaired) electrons. The molecule has 5 heteroatoms. The zero-order valence-corrected chi connectivity index (χ0v) is 10.7. The topological polar surface area (TPSA) is 46.9 Å². The zero-order valence-electron chi connectivity index (χ0n) is 9.96. The van der Waals surface area contributed by atoms with E-state index in [0.29, 0.717) is 23.7 Å². The molecule has 1 aromatic heterocycles. The predicted molar refractivity (Wildman–Crippen MR) is 65.1 cm³/mol. The van der Waals surface area contributed by atoms with Crippen LogP contribution in [0.3, 0.4) is 0 Å². The van der Waals surface area contributed by atoms with Crippen molar-refractivity contribution in [3.63, 3.8) is 0 Å². The van der Waals surface area contributed by atoms with E-state index in [1.54, 1.807) is 4.68 Å². The minimum absolute atomic E-state index is 0.0390. The van der Waals surface area contributed by atoms with Crippen molar-refractivity contribution in [3.05, 3.63) is 16.9 Å². The molecule has 1 N–H and O–H groups in total. The van der Waals surface area contributed by atoms with Crippen LogP contribution >= 0.6 is 11.6 Å². The highest BCUT2D eigenvalue weighted by molar-refractivity contribution is 6.33. The molecule has 0 aliphatic carbocycles. The molecule has 0 aliphatic heterocycles. The summed E-state index contributed by atoms with van der Waals surface area (Å²) in [4.78, 5) is 11.9. The highest BCUT2D eigenvalue weighted by Gasteiger charge is 2.18. The molecule has 0 saturated heterocycles. The van der Waals surface area contributed by atoms with Crippen molar-refractivity contribution in [2.75, 3.05) is 13.1 Å². The lowest BCUT2D eigenvalue weighted by Crippen LogP contribution is -2.20. The first-order chi connectivity index (χ1) is 7.57. The molecule has 0 aromatic carbocycles. The van der Waals surface area contributed by atoms with Gasteiger partial charge >= 0.3 is 0 Å². The van der Waals surface area contributed by atoms with Gasteiger partial charge in [-0.1, -0.05) is 18.5 Å². The first-order valence-corrected chi connectivity index (χ1v) is 5.92. The van der Waals surface area contributed by atoms with Crippen molar-refractivity contribution in [2.45, 2.75) is 33.2 Å². The largest absolute Gasteiger partial charge is 0.317 e. The first kappa shape index (κ1) is 13.2. The summed E-state index contributed by atoms with van der Waals surface area (Å²) < 4.78 is 1.68. The maximum absolute atomic E-state index is 11.9. The lowest BCUT2D eigenvalue weighted by Gasteiger charge is -2.10. The molecule has 0 saturated carbocycles. The number of ketones is 1. The van der Waals surface area contributed by atoms with Crippen LogP contribution in [0.1, 0.15) is 43.7 Å². The first-order valence-electron chi connectivity index (χ1n) is 5.54. The van der Waals surface area contributed by atoms with Crippen molar-refractivity contribution >= 4 is 17.4 Å². The van der Waals surface area contributed by atoms with Gasteiger partial charge in [-0.25, -0.2) is 0 Å². The molecule has 0 atom stereocenters. The zero-order chi connectivity index (χ0) is 12.1. The monoisotopic (exact) mass is 243 g/mol. The molecule has 0 bridgehead atoms. The highest BCUT2D eigenvalue weighted by atomic mass is 35.5. The van der Waals surface area contributed by atoms with Gasteiger partial charge in [-0.05, 0) is 20.4 Å². The van der Waals surface area contributed by atoms with Crippen LogP contribution in [-0.2, 0) is 0 Å². The fourth-order valence-electron chi connectivity index (χ4n) is 1.49. The van der Waals surface area contributed by atoms with E-state index >= 15 is 0 Å². The number of carbonyl (C=O) groups excluding carboxylic acids is 1. The van der Waals surface area contributed by atoms with E-state index in [1.807, 2.05) is 20.8 Å². The van der Waals surface area contributed by atoms with E-state index in [1.165, 1.54) is 6.20 Å². The second-order valence-corrected chi connectivity index (χ2v) is 4.31. The Kier molecular flexibility index (Phi) is 4.96. The van der Waals surface area contributed by atoms with Gasteiger partial charge in [0.2, 0.25) is 0 Å². The number of aromatic nitrogens is 2. The Morgan fingerprint density at radius 1 is 1.62 bits per heavy atom. The van der Waals surface area contributed by atoms with E-state index in [9.17, 15) is 4.79 Å². The summed E-state index contributed by atoms with van der Waals surface area (Å²) in [7, 11) is 0. The van der Waals surface area contributed by atoms with Gasteiger partial charge < -0.3 is 5.32 Å². The summed E-state index contributed by atoms with van der Waals surface area (Å²) in [5.74, 6) is 0.0390. The molecular formula is C11H18ClN3O. The molecule has 1 rings (SSSR count). The van der Waals surface area contributed by atoms with Crippen LogP contribution in [0.2, 0.25) is 5.02 Å². The van der Waals surface area contributed by atoms with E-state index < -0.39 is 0 Å². The molecule has 0 aliphatic rings. The van der Waals surface area contributed by atoms with Gasteiger partial charge in [-0.15, -0.1) is 0 Å². The van der Waals surface area contributed by atoms with Gasteiger partial charge in [0.05, 0.1) is 11.2 Å². The second-order valence-electron chi connectivity index (χ2n) is 3.91. The van der Waals surface area contributed by atoms with Crippen LogP contribution in [0.25, 0.3) is 0 Å². The van der Waals surface area contributed by atoms with E-state index in [2.05, 4.69) is 10.4 Å². The lowest BCUT2D eigenvalue weighted by atomic mass is 10.2. The third-order valence-electron chi connectivity index (χ3n) is 2.28. The Bertz CT molecular complexity index is 360. The molecule has 4 nitrogen and oxygen atoms in total. The van der Waals surface area contributed by atoms with Gasteiger partial charge in [0, 0.05) is 19.0 Å². The van der Waals surface area contributed by atoms with Crippen molar-refractivity contribution in [1.29, 1.82) is 0 Å². The van der Waals surface area contributed by atoms with Gasteiger partial charge in [-0.2, -0.15) is 5.10 Å². The fourth-order valence-corrected chi connectivity index (χ4v) is 1.73. The fraction of sp³-hybridized carbons (Fsp3) is 0.636. The Morgan fingerprint density at radius 2 is 2.31 bits per heavy atom. The normalized spacial score (nSPS) is 11.1. The van der Waals surface area contributed by atoms with Crippen molar-refractivity contribution in [3.8, 4) is 0 Å². The molecular weight excluding hydrogens is 226 g/mol. The van der Waals surface area contributed by atoms with Crippen molar-refractivity contribution in [2.24, 2.45) is 0 Å². The molecule has 1 aromatic rings. The summed E-state index contributed by atoms with van der Waals surface area (Å²) in [5.41, 5.74) is 0.523. The quantitative estimate of drug-likeness (QED) is 0.616. The minimum Gasteiger partial charge on any atom is -0.317 e. The Hall–Kier alpha value is -0.870. The van der Waals surface area contributed by atoms with Gasteiger partial charge in [0.25, 0.3) is 0 Å². The van der Waals surface area contributed by atoms with Gasteiger partial charge in [0.1, 0.15) is 5.69 Å². The molecule has 90 valence electrons. The van der Waals surface area contributed by atoms with Crippen LogP contribution in [-0.4, -0.2) is 28.7 Å². The number of halogens is 1. The molecule has 16 heavy (non-hydrogen) atoms. The van der Waals surface area contributed by atoms with Crippen LogP contribution in [0.4, 0.5) is 0 Å². The van der Waals surface area contributed by atoms with E-state index in [4.69, 9.17) is 11.6 Å². The summed E-state index contributed by atoms with van der Waals surface area (Å²) in [5, 5.41) is 7.66. The van der Waals surface area contributed by atoms with Gasteiger partial charge in [0.15, 0.2) is 5.78 Å². The summed E-state index contributed by atoms with van der Waals surface area (Å²) >= 11 is 5.97. The number of rotatable bonds is 6. The number of carbonyl (C=O) groups is 1. The average molecular weight is 244 g/mol. The average Bonchev–Trinajstić information content (AvgIpc) is 2.60. The number of hydrogen-bond donors (Lipinski definition) is 1. The number of Topliss-reactive ketones (excluding diaryl/α,β-unsaturated/α-hetero) is 1. The van der Waals surface area contributed by atoms with Crippen LogP contribution in [0, 0.1) is 0 Å². The highest BCUT2D eigenvalue weighted by Crippen LogP contribution is 2.20. The maximum Gasteiger partial charge on any atom is 0.183 e. The smallest absolute Gasteiger partial charge is 0.183 e. The minimum atomic E-state index is 0.0390.